The van der Waals surface area contributed by atoms with Crippen molar-refractivity contribution in [1.82, 2.24) is 4.57 Å². The summed E-state index contributed by atoms with van der Waals surface area (Å²) in [6.45, 7) is 9.51. The molecule has 61 heavy (non-hydrogen) atoms. The highest BCUT2D eigenvalue weighted by Gasteiger charge is 2.38. The summed E-state index contributed by atoms with van der Waals surface area (Å²) in [5.41, 5.74) is 20.2. The van der Waals surface area contributed by atoms with Crippen molar-refractivity contribution in [2.75, 3.05) is 4.90 Å². The lowest BCUT2D eigenvalue weighted by Gasteiger charge is -2.30. The van der Waals surface area contributed by atoms with E-state index in [9.17, 15) is 0 Å². The van der Waals surface area contributed by atoms with Crippen LogP contribution in [0.4, 0.5) is 17.1 Å². The molecule has 2 aliphatic rings. The fourth-order valence-electron chi connectivity index (χ4n) is 11.2. The van der Waals surface area contributed by atoms with E-state index in [1.54, 1.807) is 0 Å². The molecule has 0 fully saturated rings. The third kappa shape index (κ3) is 5.03. The van der Waals surface area contributed by atoms with Crippen molar-refractivity contribution in [2.24, 2.45) is 7.05 Å². The Hall–Kier alpha value is -7.16. The maximum atomic E-state index is 2.51. The van der Waals surface area contributed by atoms with E-state index >= 15 is 0 Å². The molecule has 0 spiro atoms. The lowest BCUT2D eigenvalue weighted by molar-refractivity contribution is 0.660. The Morgan fingerprint density at radius 3 is 1.43 bits per heavy atom. The van der Waals surface area contributed by atoms with E-state index in [-0.39, 0.29) is 10.8 Å². The molecule has 292 valence electrons. The Morgan fingerprint density at radius 2 is 0.836 bits per heavy atom. The molecule has 0 amide bonds. The van der Waals surface area contributed by atoms with Gasteiger partial charge in [-0.15, -0.1) is 0 Å². The van der Waals surface area contributed by atoms with Crippen LogP contribution < -0.4 is 4.90 Å². The van der Waals surface area contributed by atoms with Crippen LogP contribution in [0.2, 0.25) is 0 Å². The Labute approximate surface area is 358 Å². The van der Waals surface area contributed by atoms with E-state index < -0.39 is 0 Å². The molecule has 0 bridgehead atoms. The fraction of sp³-hybridized carbons (Fsp3) is 0.119. The van der Waals surface area contributed by atoms with Crippen LogP contribution >= 0.6 is 0 Å². The molecule has 0 N–H and O–H groups in total. The molecular weight excluding hydrogens is 737 g/mol. The molecule has 0 atom stereocenters. The van der Waals surface area contributed by atoms with Gasteiger partial charge in [0.25, 0.3) is 0 Å². The number of nitrogens with zero attached hydrogens (tertiary/aromatic N) is 2. The van der Waals surface area contributed by atoms with Crippen LogP contribution in [-0.4, -0.2) is 4.57 Å². The standard InChI is InChI=1S/C59H46N2/c1-58(2)50-26-16-14-23-43(50)45-31-28-40(35-52(45)58)61(41-29-32-46-44-24-15-17-27-51(44)59(3,4)53(46)36-41)39-30-33-47-49(34-39)42-22-12-13-25-48(42)57-55(47)54(37-18-8-6-9-19-37)56(60(57)5)38-20-10-7-11-21-38/h6-36H,1-5H3. The second kappa shape index (κ2) is 12.9. The van der Waals surface area contributed by atoms with Gasteiger partial charge < -0.3 is 9.47 Å². The van der Waals surface area contributed by atoms with Crippen LogP contribution in [-0.2, 0) is 17.9 Å². The van der Waals surface area contributed by atoms with Gasteiger partial charge in [0.15, 0.2) is 0 Å². The molecule has 10 aromatic rings. The predicted octanol–water partition coefficient (Wildman–Crippen LogP) is 15.9. The summed E-state index contributed by atoms with van der Waals surface area (Å²) in [4.78, 5) is 2.51. The van der Waals surface area contributed by atoms with Crippen molar-refractivity contribution in [3.05, 3.63) is 210 Å². The molecule has 12 rings (SSSR count). The number of hydrogen-bond donors (Lipinski definition) is 0. The number of anilines is 3. The first kappa shape index (κ1) is 35.8. The van der Waals surface area contributed by atoms with Gasteiger partial charge in [-0.2, -0.15) is 0 Å². The molecule has 0 saturated heterocycles. The molecule has 1 aromatic heterocycles. The summed E-state index contributed by atoms with van der Waals surface area (Å²) >= 11 is 0. The minimum absolute atomic E-state index is 0.127. The Morgan fingerprint density at radius 1 is 0.377 bits per heavy atom. The number of aromatic nitrogens is 1. The summed E-state index contributed by atoms with van der Waals surface area (Å²) in [7, 11) is 2.24. The van der Waals surface area contributed by atoms with Gasteiger partial charge in [-0.3, -0.25) is 0 Å². The van der Waals surface area contributed by atoms with Gasteiger partial charge in [-0.25, -0.2) is 0 Å². The van der Waals surface area contributed by atoms with Gasteiger partial charge >= 0.3 is 0 Å². The number of benzene rings is 9. The zero-order valence-corrected chi connectivity index (χ0v) is 35.3. The lowest BCUT2D eigenvalue weighted by atomic mass is 9.82. The van der Waals surface area contributed by atoms with Crippen molar-refractivity contribution in [2.45, 2.75) is 38.5 Å². The number of hydrogen-bond acceptors (Lipinski definition) is 1. The van der Waals surface area contributed by atoms with Gasteiger partial charge in [0, 0.05) is 51.3 Å². The molecule has 9 aromatic carbocycles. The van der Waals surface area contributed by atoms with Crippen LogP contribution in [0.1, 0.15) is 49.9 Å². The molecule has 0 aliphatic heterocycles. The molecule has 0 unspecified atom stereocenters. The van der Waals surface area contributed by atoms with E-state index in [4.69, 9.17) is 0 Å². The minimum Gasteiger partial charge on any atom is -0.343 e. The summed E-state index contributed by atoms with van der Waals surface area (Å²) in [5, 5.41) is 6.29. The average molecular weight is 783 g/mol. The normalized spacial score (nSPS) is 14.2. The minimum atomic E-state index is -0.127. The highest BCUT2D eigenvalue weighted by molar-refractivity contribution is 6.30. The first-order valence-electron chi connectivity index (χ1n) is 21.6. The zero-order valence-electron chi connectivity index (χ0n) is 35.3. The largest absolute Gasteiger partial charge is 0.343 e. The first-order valence-corrected chi connectivity index (χ1v) is 21.6. The molecule has 2 nitrogen and oxygen atoms in total. The first-order chi connectivity index (χ1) is 29.7. The number of aryl methyl sites for hydroxylation is 1. The van der Waals surface area contributed by atoms with Crippen molar-refractivity contribution in [3.63, 3.8) is 0 Å². The van der Waals surface area contributed by atoms with Crippen LogP contribution in [0.15, 0.2) is 188 Å². The molecule has 0 saturated carbocycles. The maximum absolute atomic E-state index is 2.51. The highest BCUT2D eigenvalue weighted by atomic mass is 15.1. The van der Waals surface area contributed by atoms with E-state index in [2.05, 4.69) is 232 Å². The van der Waals surface area contributed by atoms with Crippen LogP contribution in [0.3, 0.4) is 0 Å². The summed E-state index contributed by atoms with van der Waals surface area (Å²) in [5.74, 6) is 0. The van der Waals surface area contributed by atoms with Crippen LogP contribution in [0, 0.1) is 0 Å². The van der Waals surface area contributed by atoms with E-state index in [0.717, 1.165) is 17.1 Å². The van der Waals surface area contributed by atoms with Gasteiger partial charge in [0.2, 0.25) is 0 Å². The highest BCUT2D eigenvalue weighted by Crippen LogP contribution is 2.54. The SMILES string of the molecule is Cn1c(-c2ccccc2)c(-c2ccccc2)c2c3ccc(N(c4ccc5c(c4)C(C)(C)c4ccccc4-5)c4ccc5c(c4)C(C)(C)c4ccccc4-5)cc3c3ccccc3c21. The molecule has 1 heterocycles. The predicted molar refractivity (Wildman–Crippen MR) is 259 cm³/mol. The molecule has 2 aliphatic carbocycles. The summed E-state index contributed by atoms with van der Waals surface area (Å²) in [6.07, 6.45) is 0. The van der Waals surface area contributed by atoms with Crippen molar-refractivity contribution in [3.8, 4) is 44.6 Å². The van der Waals surface area contributed by atoms with Crippen molar-refractivity contribution < 1.29 is 0 Å². The Bertz CT molecular complexity index is 3310. The lowest BCUT2D eigenvalue weighted by Crippen LogP contribution is -2.18. The van der Waals surface area contributed by atoms with E-state index in [0.29, 0.717) is 0 Å². The maximum Gasteiger partial charge on any atom is 0.0575 e. The zero-order chi connectivity index (χ0) is 41.2. The number of fused-ring (bicyclic) bond motifs is 12. The topological polar surface area (TPSA) is 8.17 Å². The van der Waals surface area contributed by atoms with Crippen LogP contribution in [0.25, 0.3) is 77.1 Å². The van der Waals surface area contributed by atoms with Gasteiger partial charge in [-0.1, -0.05) is 179 Å². The summed E-state index contributed by atoms with van der Waals surface area (Å²) < 4.78 is 2.43. The third-order valence-electron chi connectivity index (χ3n) is 14.2. The van der Waals surface area contributed by atoms with Gasteiger partial charge in [0.05, 0.1) is 11.2 Å². The Balaban J connectivity index is 1.14. The van der Waals surface area contributed by atoms with Gasteiger partial charge in [-0.05, 0) is 108 Å². The Kier molecular flexibility index (Phi) is 7.57. The second-order valence-electron chi connectivity index (χ2n) is 18.2. The smallest absolute Gasteiger partial charge is 0.0575 e. The second-order valence-corrected chi connectivity index (χ2v) is 18.2. The van der Waals surface area contributed by atoms with Crippen molar-refractivity contribution >= 4 is 49.5 Å². The van der Waals surface area contributed by atoms with Crippen LogP contribution in [0.5, 0.6) is 0 Å². The van der Waals surface area contributed by atoms with Crippen molar-refractivity contribution in [1.29, 1.82) is 0 Å². The monoisotopic (exact) mass is 782 g/mol. The molecular formula is C59H46N2. The third-order valence-corrected chi connectivity index (χ3v) is 14.2. The fourth-order valence-corrected chi connectivity index (χ4v) is 11.2. The molecule has 0 radical (unpaired) electrons. The number of rotatable bonds is 5. The van der Waals surface area contributed by atoms with E-state index in [1.165, 1.54) is 99.3 Å². The molecule has 2 heteroatoms. The average Bonchev–Trinajstić information content (AvgIpc) is 3.83. The summed E-state index contributed by atoms with van der Waals surface area (Å²) in [6, 6.07) is 70.3. The quantitative estimate of drug-likeness (QED) is 0.158. The van der Waals surface area contributed by atoms with E-state index in [1.807, 2.05) is 0 Å². The van der Waals surface area contributed by atoms with Gasteiger partial charge in [0.1, 0.15) is 0 Å².